The lowest BCUT2D eigenvalue weighted by molar-refractivity contribution is 0.0221. The first kappa shape index (κ1) is 15.1. The molecule has 5 nitrogen and oxygen atoms in total. The number of hydrogen-bond donors (Lipinski definition) is 1. The number of pyridine rings is 1. The zero-order valence-corrected chi connectivity index (χ0v) is 12.3. The third-order valence-electron chi connectivity index (χ3n) is 3.24. The van der Waals surface area contributed by atoms with Crippen molar-refractivity contribution >= 4 is 16.8 Å². The minimum absolute atomic E-state index is 0.312. The second-order valence-electron chi connectivity index (χ2n) is 5.31. The number of benzene rings is 1. The SMILES string of the molecule is CC(F)(F)CNC(=O)c1ccc2nn(-c3cccnc3)cc2c1. The summed E-state index contributed by atoms with van der Waals surface area (Å²) >= 11 is 0. The van der Waals surface area contributed by atoms with E-state index in [2.05, 4.69) is 15.4 Å². The van der Waals surface area contributed by atoms with E-state index in [0.29, 0.717) is 11.1 Å². The Kier molecular flexibility index (Phi) is 3.77. The maximum atomic E-state index is 12.8. The molecule has 0 fully saturated rings. The lowest BCUT2D eigenvalue weighted by Gasteiger charge is -2.11. The molecule has 7 heteroatoms. The molecular formula is C16H14F2N4O. The number of nitrogens with zero attached hydrogens (tertiary/aromatic N) is 3. The first-order chi connectivity index (χ1) is 10.9. The maximum Gasteiger partial charge on any atom is 0.262 e. The Bertz CT molecular complexity index is 840. The van der Waals surface area contributed by atoms with Crippen LogP contribution in [-0.2, 0) is 0 Å². The number of hydrogen-bond acceptors (Lipinski definition) is 3. The van der Waals surface area contributed by atoms with Crippen molar-refractivity contribution in [3.05, 3.63) is 54.5 Å². The number of aromatic nitrogens is 3. The Morgan fingerprint density at radius 2 is 2.17 bits per heavy atom. The summed E-state index contributed by atoms with van der Waals surface area (Å²) in [6.45, 7) is 0.0627. The maximum absolute atomic E-state index is 12.8. The molecule has 0 atom stereocenters. The largest absolute Gasteiger partial charge is 0.346 e. The van der Waals surface area contributed by atoms with E-state index >= 15 is 0 Å². The minimum atomic E-state index is -2.94. The quantitative estimate of drug-likeness (QED) is 0.805. The van der Waals surface area contributed by atoms with E-state index < -0.39 is 18.4 Å². The molecule has 0 bridgehead atoms. The topological polar surface area (TPSA) is 59.8 Å². The van der Waals surface area contributed by atoms with Crippen molar-refractivity contribution < 1.29 is 13.6 Å². The van der Waals surface area contributed by atoms with Crippen molar-refractivity contribution in [1.29, 1.82) is 0 Å². The van der Waals surface area contributed by atoms with E-state index in [1.165, 1.54) is 0 Å². The molecule has 1 amide bonds. The van der Waals surface area contributed by atoms with Gasteiger partial charge in [-0.05, 0) is 30.3 Å². The van der Waals surface area contributed by atoms with Crippen LogP contribution < -0.4 is 5.32 Å². The number of nitrogens with one attached hydrogen (secondary N) is 1. The van der Waals surface area contributed by atoms with Crippen LogP contribution in [0.3, 0.4) is 0 Å². The average molecular weight is 316 g/mol. The van der Waals surface area contributed by atoms with Gasteiger partial charge >= 0.3 is 0 Å². The van der Waals surface area contributed by atoms with Gasteiger partial charge in [0, 0.05) is 30.3 Å². The predicted octanol–water partition coefficient (Wildman–Crippen LogP) is 2.81. The number of amides is 1. The van der Waals surface area contributed by atoms with Crippen LogP contribution in [0.1, 0.15) is 17.3 Å². The molecule has 3 aromatic rings. The van der Waals surface area contributed by atoms with Crippen molar-refractivity contribution in [2.45, 2.75) is 12.8 Å². The molecule has 3 rings (SSSR count). The summed E-state index contributed by atoms with van der Waals surface area (Å²) in [5.41, 5.74) is 1.80. The van der Waals surface area contributed by atoms with Crippen LogP contribution in [0.4, 0.5) is 8.78 Å². The summed E-state index contributed by atoms with van der Waals surface area (Å²) in [6.07, 6.45) is 5.10. The van der Waals surface area contributed by atoms with Crippen LogP contribution >= 0.6 is 0 Å². The van der Waals surface area contributed by atoms with Crippen molar-refractivity contribution in [2.24, 2.45) is 0 Å². The smallest absolute Gasteiger partial charge is 0.262 e. The fourth-order valence-corrected chi connectivity index (χ4v) is 2.13. The second-order valence-corrected chi connectivity index (χ2v) is 5.31. The van der Waals surface area contributed by atoms with Gasteiger partial charge in [0.25, 0.3) is 11.8 Å². The van der Waals surface area contributed by atoms with Gasteiger partial charge in [-0.1, -0.05) is 0 Å². The first-order valence-electron chi connectivity index (χ1n) is 6.98. The molecule has 1 N–H and O–H groups in total. The minimum Gasteiger partial charge on any atom is -0.346 e. The third kappa shape index (κ3) is 3.50. The van der Waals surface area contributed by atoms with Crippen LogP contribution in [-0.4, -0.2) is 33.1 Å². The number of rotatable bonds is 4. The van der Waals surface area contributed by atoms with Crippen molar-refractivity contribution in [2.75, 3.05) is 6.54 Å². The molecule has 0 aliphatic rings. The van der Waals surface area contributed by atoms with E-state index in [-0.39, 0.29) is 0 Å². The summed E-state index contributed by atoms with van der Waals surface area (Å²) in [5.74, 6) is -3.48. The molecule has 0 aliphatic heterocycles. The molecule has 0 unspecified atom stereocenters. The number of fused-ring (bicyclic) bond motifs is 1. The molecule has 0 saturated heterocycles. The van der Waals surface area contributed by atoms with Crippen LogP contribution in [0.5, 0.6) is 0 Å². The molecule has 23 heavy (non-hydrogen) atoms. The average Bonchev–Trinajstić information content (AvgIpc) is 2.96. The molecule has 0 radical (unpaired) electrons. The van der Waals surface area contributed by atoms with Gasteiger partial charge in [0.1, 0.15) is 0 Å². The van der Waals surface area contributed by atoms with E-state index in [1.807, 2.05) is 6.07 Å². The van der Waals surface area contributed by atoms with E-state index in [4.69, 9.17) is 0 Å². The van der Waals surface area contributed by atoms with Crippen LogP contribution in [0, 0.1) is 0 Å². The van der Waals surface area contributed by atoms with Gasteiger partial charge in [-0.2, -0.15) is 5.10 Å². The molecule has 0 aliphatic carbocycles. The van der Waals surface area contributed by atoms with Gasteiger partial charge in [-0.3, -0.25) is 9.78 Å². The van der Waals surface area contributed by atoms with E-state index in [1.54, 1.807) is 47.5 Å². The van der Waals surface area contributed by atoms with Crippen LogP contribution in [0.25, 0.3) is 16.6 Å². The van der Waals surface area contributed by atoms with Gasteiger partial charge in [-0.25, -0.2) is 13.5 Å². The molecule has 0 spiro atoms. The highest BCUT2D eigenvalue weighted by molar-refractivity contribution is 5.97. The molecule has 118 valence electrons. The van der Waals surface area contributed by atoms with Crippen LogP contribution in [0.2, 0.25) is 0 Å². The highest BCUT2D eigenvalue weighted by atomic mass is 19.3. The van der Waals surface area contributed by atoms with E-state index in [9.17, 15) is 13.6 Å². The Morgan fingerprint density at radius 3 is 2.87 bits per heavy atom. The number of halogens is 2. The molecular weight excluding hydrogens is 302 g/mol. The van der Waals surface area contributed by atoms with E-state index in [0.717, 1.165) is 18.0 Å². The Hall–Kier alpha value is -2.83. The fourth-order valence-electron chi connectivity index (χ4n) is 2.13. The number of carbonyl (C=O) groups excluding carboxylic acids is 1. The molecule has 2 heterocycles. The van der Waals surface area contributed by atoms with Gasteiger partial charge in [0.05, 0.1) is 23.9 Å². The van der Waals surface area contributed by atoms with Crippen molar-refractivity contribution in [1.82, 2.24) is 20.1 Å². The van der Waals surface area contributed by atoms with Gasteiger partial charge in [0.2, 0.25) is 0 Å². The summed E-state index contributed by atoms with van der Waals surface area (Å²) in [7, 11) is 0. The van der Waals surface area contributed by atoms with Crippen molar-refractivity contribution in [3.8, 4) is 5.69 Å². The second kappa shape index (κ2) is 5.75. The Balaban J connectivity index is 1.86. The van der Waals surface area contributed by atoms with Gasteiger partial charge < -0.3 is 5.32 Å². The zero-order valence-electron chi connectivity index (χ0n) is 12.3. The van der Waals surface area contributed by atoms with Gasteiger partial charge in [0.15, 0.2) is 0 Å². The van der Waals surface area contributed by atoms with Crippen molar-refractivity contribution in [3.63, 3.8) is 0 Å². The molecule has 2 aromatic heterocycles. The first-order valence-corrected chi connectivity index (χ1v) is 6.98. The summed E-state index contributed by atoms with van der Waals surface area (Å²) in [6, 6.07) is 8.52. The monoisotopic (exact) mass is 316 g/mol. The lowest BCUT2D eigenvalue weighted by Crippen LogP contribution is -2.34. The molecule has 1 aromatic carbocycles. The summed E-state index contributed by atoms with van der Waals surface area (Å²) < 4.78 is 27.3. The van der Waals surface area contributed by atoms with Crippen LogP contribution in [0.15, 0.2) is 48.9 Å². The molecule has 0 saturated carbocycles. The standard InChI is InChI=1S/C16H14F2N4O/c1-16(17,18)10-20-15(23)11-4-5-14-12(7-11)9-22(21-14)13-3-2-6-19-8-13/h2-9H,10H2,1H3,(H,20,23). The normalized spacial score (nSPS) is 11.6. The van der Waals surface area contributed by atoms with Gasteiger partial charge in [-0.15, -0.1) is 0 Å². The number of carbonyl (C=O) groups is 1. The predicted molar refractivity (Wildman–Crippen MR) is 81.8 cm³/mol. The lowest BCUT2D eigenvalue weighted by atomic mass is 10.1. The highest BCUT2D eigenvalue weighted by Crippen LogP contribution is 2.17. The third-order valence-corrected chi connectivity index (χ3v) is 3.24. The summed E-state index contributed by atoms with van der Waals surface area (Å²) in [5, 5.41) is 7.35. The highest BCUT2D eigenvalue weighted by Gasteiger charge is 2.22. The summed E-state index contributed by atoms with van der Waals surface area (Å²) in [4.78, 5) is 16.0. The zero-order chi connectivity index (χ0) is 16.4. The Labute approximate surface area is 130 Å². The Morgan fingerprint density at radius 1 is 1.35 bits per heavy atom. The fraction of sp³-hybridized carbons (Fsp3) is 0.188. The number of alkyl halides is 2.